The monoisotopic (exact) mass is 419 g/mol. The van der Waals surface area contributed by atoms with Gasteiger partial charge >= 0.3 is 6.36 Å². The predicted octanol–water partition coefficient (Wildman–Crippen LogP) is 5.48. The Kier molecular flexibility index (Phi) is 4.56. The second-order valence-electron chi connectivity index (χ2n) is 8.98. The third-order valence-corrected chi connectivity index (χ3v) is 5.26. The minimum atomic E-state index is -4.72. The van der Waals surface area contributed by atoms with Crippen molar-refractivity contribution in [1.82, 2.24) is 0 Å². The lowest BCUT2D eigenvalue weighted by molar-refractivity contribution is -0.274. The Bertz CT molecular complexity index is 1020. The van der Waals surface area contributed by atoms with Gasteiger partial charge in [-0.1, -0.05) is 0 Å². The standard InChI is InChI=1S/C23H24F3NO3/c1-21(2)11-14-10-17(28-5)20-16(12-22(3,4)30-20)18(14)19(27-21)13-6-8-15(9-7-13)29-23(24,25)26/h6-10H,11-12H2,1-5H3. The third-order valence-electron chi connectivity index (χ3n) is 5.26. The third kappa shape index (κ3) is 3.85. The summed E-state index contributed by atoms with van der Waals surface area (Å²) < 4.78 is 53.3. The fourth-order valence-electron chi connectivity index (χ4n) is 4.24. The Balaban J connectivity index is 1.85. The van der Waals surface area contributed by atoms with E-state index in [-0.39, 0.29) is 16.9 Å². The van der Waals surface area contributed by atoms with Crippen LogP contribution in [-0.4, -0.2) is 30.3 Å². The van der Waals surface area contributed by atoms with E-state index in [9.17, 15) is 13.2 Å². The maximum absolute atomic E-state index is 12.5. The van der Waals surface area contributed by atoms with Crippen molar-refractivity contribution < 1.29 is 27.4 Å². The number of ether oxygens (including phenoxy) is 3. The first kappa shape index (κ1) is 20.6. The summed E-state index contributed by atoms with van der Waals surface area (Å²) >= 11 is 0. The zero-order valence-electron chi connectivity index (χ0n) is 17.6. The van der Waals surface area contributed by atoms with Crippen molar-refractivity contribution in [2.24, 2.45) is 4.99 Å². The Hall–Kier alpha value is -2.70. The normalized spacial score (nSPS) is 18.7. The van der Waals surface area contributed by atoms with Crippen LogP contribution in [0.4, 0.5) is 13.2 Å². The first-order chi connectivity index (χ1) is 13.9. The first-order valence-electron chi connectivity index (χ1n) is 9.76. The van der Waals surface area contributed by atoms with E-state index < -0.39 is 6.36 Å². The fraction of sp³-hybridized carbons (Fsp3) is 0.435. The molecule has 2 aliphatic heterocycles. The van der Waals surface area contributed by atoms with Crippen LogP contribution in [0.5, 0.6) is 17.2 Å². The van der Waals surface area contributed by atoms with Gasteiger partial charge in [-0.3, -0.25) is 4.99 Å². The zero-order chi connectivity index (χ0) is 21.9. The largest absolute Gasteiger partial charge is 0.573 e. The van der Waals surface area contributed by atoms with Crippen molar-refractivity contribution in [3.63, 3.8) is 0 Å². The zero-order valence-corrected chi connectivity index (χ0v) is 17.6. The summed E-state index contributed by atoms with van der Waals surface area (Å²) in [5.74, 6) is 1.15. The van der Waals surface area contributed by atoms with Gasteiger partial charge in [0.1, 0.15) is 11.4 Å². The Morgan fingerprint density at radius 3 is 2.30 bits per heavy atom. The van der Waals surface area contributed by atoms with Crippen LogP contribution in [0.2, 0.25) is 0 Å². The highest BCUT2D eigenvalue weighted by molar-refractivity contribution is 6.16. The SMILES string of the molecule is COc1cc2c(c3c1OC(C)(C)C3)C(c1ccc(OC(F)(F)F)cc1)=NC(C)(C)C2. The van der Waals surface area contributed by atoms with E-state index in [0.717, 1.165) is 34.4 Å². The van der Waals surface area contributed by atoms with Crippen LogP contribution in [0.15, 0.2) is 35.3 Å². The van der Waals surface area contributed by atoms with Crippen LogP contribution < -0.4 is 14.2 Å². The van der Waals surface area contributed by atoms with Crippen molar-refractivity contribution in [3.8, 4) is 17.2 Å². The average molecular weight is 419 g/mol. The van der Waals surface area contributed by atoms with Crippen molar-refractivity contribution in [1.29, 1.82) is 0 Å². The second kappa shape index (κ2) is 6.65. The second-order valence-corrected chi connectivity index (χ2v) is 8.98. The molecule has 0 unspecified atom stereocenters. The van der Waals surface area contributed by atoms with E-state index in [1.165, 1.54) is 12.1 Å². The number of benzene rings is 2. The van der Waals surface area contributed by atoms with Crippen LogP contribution in [-0.2, 0) is 12.8 Å². The molecule has 0 amide bonds. The quantitative estimate of drug-likeness (QED) is 0.662. The summed E-state index contributed by atoms with van der Waals surface area (Å²) in [7, 11) is 1.62. The molecule has 2 aromatic rings. The van der Waals surface area contributed by atoms with Crippen molar-refractivity contribution in [3.05, 3.63) is 52.6 Å². The summed E-state index contributed by atoms with van der Waals surface area (Å²) in [6.45, 7) is 8.12. The number of rotatable bonds is 3. The number of methoxy groups -OCH3 is 1. The van der Waals surface area contributed by atoms with Gasteiger partial charge in [-0.2, -0.15) is 0 Å². The summed E-state index contributed by atoms with van der Waals surface area (Å²) in [6, 6.07) is 7.85. The van der Waals surface area contributed by atoms with E-state index in [1.54, 1.807) is 19.2 Å². The molecule has 30 heavy (non-hydrogen) atoms. The van der Waals surface area contributed by atoms with Gasteiger partial charge in [0.15, 0.2) is 11.5 Å². The molecule has 0 bridgehead atoms. The fourth-order valence-corrected chi connectivity index (χ4v) is 4.24. The number of hydrogen-bond donors (Lipinski definition) is 0. The molecule has 0 spiro atoms. The molecular formula is C23H24F3NO3. The maximum Gasteiger partial charge on any atom is 0.573 e. The molecule has 0 atom stereocenters. The Morgan fingerprint density at radius 2 is 1.70 bits per heavy atom. The van der Waals surface area contributed by atoms with Crippen LogP contribution in [0.25, 0.3) is 0 Å². The van der Waals surface area contributed by atoms with Crippen LogP contribution in [0, 0.1) is 0 Å². The number of nitrogens with zero attached hydrogens (tertiary/aromatic N) is 1. The molecule has 0 N–H and O–H groups in total. The molecule has 0 fully saturated rings. The van der Waals surface area contributed by atoms with Crippen LogP contribution in [0.3, 0.4) is 0 Å². The van der Waals surface area contributed by atoms with Crippen molar-refractivity contribution in [2.75, 3.05) is 7.11 Å². The molecule has 4 rings (SSSR count). The summed E-state index contributed by atoms with van der Waals surface area (Å²) in [5.41, 5.74) is 3.85. The van der Waals surface area contributed by atoms with Gasteiger partial charge in [-0.25, -0.2) is 0 Å². The average Bonchev–Trinajstić information content (AvgIpc) is 2.93. The van der Waals surface area contributed by atoms with E-state index in [0.29, 0.717) is 17.9 Å². The molecule has 2 aromatic carbocycles. The number of aliphatic imine (C=N–C) groups is 1. The highest BCUT2D eigenvalue weighted by Crippen LogP contribution is 2.47. The van der Waals surface area contributed by atoms with Gasteiger partial charge in [0.05, 0.1) is 18.4 Å². The highest BCUT2D eigenvalue weighted by Gasteiger charge is 2.39. The van der Waals surface area contributed by atoms with E-state index >= 15 is 0 Å². The predicted molar refractivity (Wildman–Crippen MR) is 108 cm³/mol. The molecule has 0 aromatic heterocycles. The molecule has 0 saturated heterocycles. The minimum absolute atomic E-state index is 0.258. The molecule has 0 saturated carbocycles. The topological polar surface area (TPSA) is 40.0 Å². The molecule has 4 nitrogen and oxygen atoms in total. The molecule has 2 heterocycles. The molecule has 0 aliphatic carbocycles. The number of halogens is 3. The highest BCUT2D eigenvalue weighted by atomic mass is 19.4. The smallest absolute Gasteiger partial charge is 0.493 e. The van der Waals surface area contributed by atoms with Gasteiger partial charge < -0.3 is 14.2 Å². The molecule has 0 radical (unpaired) electrons. The lowest BCUT2D eigenvalue weighted by Gasteiger charge is -2.31. The maximum atomic E-state index is 12.5. The van der Waals surface area contributed by atoms with E-state index in [4.69, 9.17) is 14.5 Å². The summed E-state index contributed by atoms with van der Waals surface area (Å²) in [4.78, 5) is 4.97. The minimum Gasteiger partial charge on any atom is -0.493 e. The van der Waals surface area contributed by atoms with Crippen LogP contribution in [0.1, 0.15) is 49.9 Å². The molecule has 2 aliphatic rings. The van der Waals surface area contributed by atoms with Gasteiger partial charge in [-0.15, -0.1) is 13.2 Å². The van der Waals surface area contributed by atoms with Gasteiger partial charge in [0.25, 0.3) is 0 Å². The molecule has 160 valence electrons. The number of fused-ring (bicyclic) bond motifs is 3. The van der Waals surface area contributed by atoms with Crippen molar-refractivity contribution in [2.45, 2.75) is 58.0 Å². The summed E-state index contributed by atoms with van der Waals surface area (Å²) in [5, 5.41) is 0. The van der Waals surface area contributed by atoms with Gasteiger partial charge in [0.2, 0.25) is 0 Å². The number of hydrogen-bond acceptors (Lipinski definition) is 4. The lowest BCUT2D eigenvalue weighted by Crippen LogP contribution is -2.30. The van der Waals surface area contributed by atoms with Gasteiger partial charge in [-0.05, 0) is 70.0 Å². The lowest BCUT2D eigenvalue weighted by atomic mass is 9.81. The summed E-state index contributed by atoms with van der Waals surface area (Å²) in [6.07, 6.45) is -3.31. The Labute approximate surface area is 173 Å². The van der Waals surface area contributed by atoms with Crippen molar-refractivity contribution >= 4 is 5.71 Å². The Morgan fingerprint density at radius 1 is 1.03 bits per heavy atom. The molecular weight excluding hydrogens is 395 g/mol. The first-order valence-corrected chi connectivity index (χ1v) is 9.76. The van der Waals surface area contributed by atoms with Gasteiger partial charge in [0, 0.05) is 23.1 Å². The van der Waals surface area contributed by atoms with E-state index in [2.05, 4.69) is 4.74 Å². The van der Waals surface area contributed by atoms with Crippen LogP contribution >= 0.6 is 0 Å². The number of alkyl halides is 3. The molecule has 7 heteroatoms. The van der Waals surface area contributed by atoms with E-state index in [1.807, 2.05) is 33.8 Å².